The highest BCUT2D eigenvalue weighted by molar-refractivity contribution is 7.99. The standard InChI is InChI=1S/C14H23N3S/c1-2-18-14-5-3-4-12(14)17-10-16-9-13(17)11-6-7-15-8-11/h9-12,14-15H,2-8H2,1H3. The molecule has 1 aromatic rings. The summed E-state index contributed by atoms with van der Waals surface area (Å²) in [6, 6.07) is 0.688. The number of aromatic nitrogens is 2. The number of hydrogen-bond donors (Lipinski definition) is 1. The van der Waals surface area contributed by atoms with E-state index in [0.717, 1.165) is 18.3 Å². The molecule has 3 rings (SSSR count). The first-order valence-electron chi connectivity index (χ1n) is 7.24. The zero-order chi connectivity index (χ0) is 12.4. The van der Waals surface area contributed by atoms with Crippen molar-refractivity contribution in [1.29, 1.82) is 0 Å². The molecule has 0 bridgehead atoms. The molecule has 3 nitrogen and oxygen atoms in total. The summed E-state index contributed by atoms with van der Waals surface area (Å²) in [6.45, 7) is 4.56. The van der Waals surface area contributed by atoms with Crippen molar-refractivity contribution in [3.8, 4) is 0 Å². The van der Waals surface area contributed by atoms with Gasteiger partial charge in [-0.05, 0) is 31.6 Å². The third kappa shape index (κ3) is 2.32. The number of imidazole rings is 1. The minimum atomic E-state index is 0.681. The Morgan fingerprint density at radius 1 is 1.44 bits per heavy atom. The maximum absolute atomic E-state index is 4.43. The minimum absolute atomic E-state index is 0.681. The summed E-state index contributed by atoms with van der Waals surface area (Å²) in [6.07, 6.45) is 9.54. The number of nitrogens with zero attached hydrogens (tertiary/aromatic N) is 2. The Hall–Kier alpha value is -0.480. The zero-order valence-corrected chi connectivity index (χ0v) is 12.0. The van der Waals surface area contributed by atoms with Crippen LogP contribution in [-0.2, 0) is 0 Å². The van der Waals surface area contributed by atoms with Gasteiger partial charge in [-0.3, -0.25) is 0 Å². The fourth-order valence-electron chi connectivity index (χ4n) is 3.45. The lowest BCUT2D eigenvalue weighted by Gasteiger charge is -2.24. The maximum Gasteiger partial charge on any atom is 0.0951 e. The molecule has 100 valence electrons. The molecule has 4 heteroatoms. The van der Waals surface area contributed by atoms with Crippen molar-refractivity contribution >= 4 is 11.8 Å². The molecule has 1 N–H and O–H groups in total. The van der Waals surface area contributed by atoms with Crippen LogP contribution in [0.4, 0.5) is 0 Å². The smallest absolute Gasteiger partial charge is 0.0951 e. The molecule has 0 spiro atoms. The summed E-state index contributed by atoms with van der Waals surface area (Å²) in [5, 5.41) is 4.27. The Balaban J connectivity index is 1.80. The van der Waals surface area contributed by atoms with E-state index in [2.05, 4.69) is 46.1 Å². The molecule has 0 amide bonds. The molecule has 1 saturated carbocycles. The van der Waals surface area contributed by atoms with Crippen LogP contribution in [0.3, 0.4) is 0 Å². The quantitative estimate of drug-likeness (QED) is 0.908. The highest BCUT2D eigenvalue weighted by Gasteiger charge is 2.31. The van der Waals surface area contributed by atoms with E-state index in [-0.39, 0.29) is 0 Å². The summed E-state index contributed by atoms with van der Waals surface area (Å²) in [7, 11) is 0. The molecule has 18 heavy (non-hydrogen) atoms. The van der Waals surface area contributed by atoms with Gasteiger partial charge in [-0.15, -0.1) is 0 Å². The molecular formula is C14H23N3S. The average Bonchev–Trinajstić information content (AvgIpc) is 3.10. The van der Waals surface area contributed by atoms with Crippen molar-refractivity contribution in [3.63, 3.8) is 0 Å². The Morgan fingerprint density at radius 3 is 3.17 bits per heavy atom. The normalized spacial score (nSPS) is 32.2. The Bertz CT molecular complexity index is 384. The second-order valence-electron chi connectivity index (χ2n) is 5.41. The predicted octanol–water partition coefficient (Wildman–Crippen LogP) is 2.81. The topological polar surface area (TPSA) is 29.9 Å². The Kier molecular flexibility index (Phi) is 3.94. The van der Waals surface area contributed by atoms with Gasteiger partial charge >= 0.3 is 0 Å². The van der Waals surface area contributed by atoms with E-state index in [1.54, 1.807) is 0 Å². The molecule has 2 aliphatic rings. The van der Waals surface area contributed by atoms with Gasteiger partial charge in [0.05, 0.1) is 6.33 Å². The second kappa shape index (κ2) is 5.66. The SMILES string of the molecule is CCSC1CCCC1n1cncc1C1CCNC1. The average molecular weight is 265 g/mol. The molecule has 1 saturated heterocycles. The van der Waals surface area contributed by atoms with E-state index in [9.17, 15) is 0 Å². The van der Waals surface area contributed by atoms with Crippen molar-refractivity contribution in [3.05, 3.63) is 18.2 Å². The van der Waals surface area contributed by atoms with E-state index in [4.69, 9.17) is 0 Å². The first-order valence-corrected chi connectivity index (χ1v) is 8.29. The van der Waals surface area contributed by atoms with E-state index in [1.807, 2.05) is 0 Å². The summed E-state index contributed by atoms with van der Waals surface area (Å²) in [4.78, 5) is 4.43. The highest BCUT2D eigenvalue weighted by atomic mass is 32.2. The van der Waals surface area contributed by atoms with E-state index < -0.39 is 0 Å². The lowest BCUT2D eigenvalue weighted by atomic mass is 10.0. The third-order valence-corrected chi connectivity index (χ3v) is 5.64. The monoisotopic (exact) mass is 265 g/mol. The first kappa shape index (κ1) is 12.5. The van der Waals surface area contributed by atoms with Gasteiger partial charge in [-0.2, -0.15) is 11.8 Å². The van der Waals surface area contributed by atoms with Crippen LogP contribution in [0.25, 0.3) is 0 Å². The molecule has 1 aliphatic carbocycles. The maximum atomic E-state index is 4.43. The largest absolute Gasteiger partial charge is 0.330 e. The molecule has 0 aromatic carbocycles. The number of thioether (sulfide) groups is 1. The Labute approximate surface area is 114 Å². The number of hydrogen-bond acceptors (Lipinski definition) is 3. The van der Waals surface area contributed by atoms with Gasteiger partial charge in [0, 0.05) is 35.6 Å². The number of nitrogens with one attached hydrogen (secondary N) is 1. The fourth-order valence-corrected chi connectivity index (χ4v) is 4.70. The third-order valence-electron chi connectivity index (χ3n) is 4.33. The van der Waals surface area contributed by atoms with Crippen LogP contribution in [0.15, 0.2) is 12.5 Å². The number of rotatable bonds is 4. The second-order valence-corrected chi connectivity index (χ2v) is 6.92. The van der Waals surface area contributed by atoms with Crippen LogP contribution >= 0.6 is 11.8 Å². The summed E-state index contributed by atoms with van der Waals surface area (Å²) in [5.41, 5.74) is 1.47. The van der Waals surface area contributed by atoms with Gasteiger partial charge in [0.1, 0.15) is 0 Å². The lowest BCUT2D eigenvalue weighted by Crippen LogP contribution is -2.20. The van der Waals surface area contributed by atoms with Crippen molar-refractivity contribution in [2.45, 2.75) is 49.8 Å². The van der Waals surface area contributed by atoms with E-state index >= 15 is 0 Å². The van der Waals surface area contributed by atoms with E-state index in [1.165, 1.54) is 37.1 Å². The molecular weight excluding hydrogens is 242 g/mol. The van der Waals surface area contributed by atoms with Gasteiger partial charge in [0.25, 0.3) is 0 Å². The van der Waals surface area contributed by atoms with Gasteiger partial charge < -0.3 is 9.88 Å². The van der Waals surface area contributed by atoms with Crippen LogP contribution in [0.2, 0.25) is 0 Å². The first-order chi connectivity index (χ1) is 8.90. The summed E-state index contributed by atoms with van der Waals surface area (Å²) >= 11 is 2.13. The fraction of sp³-hybridized carbons (Fsp3) is 0.786. The predicted molar refractivity (Wildman–Crippen MR) is 77.3 cm³/mol. The van der Waals surface area contributed by atoms with Crippen LogP contribution < -0.4 is 5.32 Å². The molecule has 1 aromatic heterocycles. The molecule has 0 radical (unpaired) electrons. The summed E-state index contributed by atoms with van der Waals surface area (Å²) in [5.74, 6) is 1.91. The minimum Gasteiger partial charge on any atom is -0.330 e. The van der Waals surface area contributed by atoms with Gasteiger partial charge in [0.2, 0.25) is 0 Å². The van der Waals surface area contributed by atoms with Crippen LogP contribution in [0.1, 0.15) is 50.3 Å². The van der Waals surface area contributed by atoms with Gasteiger partial charge in [0.15, 0.2) is 0 Å². The summed E-state index contributed by atoms with van der Waals surface area (Å²) < 4.78 is 2.50. The molecule has 2 fully saturated rings. The zero-order valence-electron chi connectivity index (χ0n) is 11.1. The van der Waals surface area contributed by atoms with Crippen LogP contribution in [-0.4, -0.2) is 33.6 Å². The van der Waals surface area contributed by atoms with Crippen LogP contribution in [0, 0.1) is 0 Å². The molecule has 2 heterocycles. The van der Waals surface area contributed by atoms with E-state index in [0.29, 0.717) is 12.0 Å². The van der Waals surface area contributed by atoms with Crippen LogP contribution in [0.5, 0.6) is 0 Å². The molecule has 1 aliphatic heterocycles. The molecule has 3 unspecified atom stereocenters. The highest BCUT2D eigenvalue weighted by Crippen LogP contribution is 2.40. The van der Waals surface area contributed by atoms with Crippen molar-refractivity contribution in [2.75, 3.05) is 18.8 Å². The van der Waals surface area contributed by atoms with Crippen molar-refractivity contribution < 1.29 is 0 Å². The van der Waals surface area contributed by atoms with Crippen molar-refractivity contribution in [2.24, 2.45) is 0 Å². The lowest BCUT2D eigenvalue weighted by molar-refractivity contribution is 0.494. The van der Waals surface area contributed by atoms with Crippen molar-refractivity contribution in [1.82, 2.24) is 14.9 Å². The molecule has 3 atom stereocenters. The Morgan fingerprint density at radius 2 is 2.39 bits per heavy atom. The van der Waals surface area contributed by atoms with Gasteiger partial charge in [-0.1, -0.05) is 13.3 Å². The van der Waals surface area contributed by atoms with Gasteiger partial charge in [-0.25, -0.2) is 4.98 Å².